The zero-order chi connectivity index (χ0) is 28.7. The first-order valence-electron chi connectivity index (χ1n) is 13.8. The molecule has 2 saturated heterocycles. The van der Waals surface area contributed by atoms with Crippen molar-refractivity contribution in [1.82, 2.24) is 30.1 Å². The number of nitrogens with one attached hydrogen (secondary N) is 1. The number of esters is 1. The Morgan fingerprint density at radius 1 is 1.15 bits per heavy atom. The first kappa shape index (κ1) is 27.1. The van der Waals surface area contributed by atoms with Gasteiger partial charge in [0.1, 0.15) is 35.9 Å². The van der Waals surface area contributed by atoms with Crippen molar-refractivity contribution in [2.75, 3.05) is 26.2 Å². The molecule has 216 valence electrons. The molecule has 4 aliphatic heterocycles. The zero-order valence-electron chi connectivity index (χ0n) is 22.6. The van der Waals surface area contributed by atoms with Crippen molar-refractivity contribution in [3.8, 4) is 0 Å². The molecule has 0 saturated carbocycles. The summed E-state index contributed by atoms with van der Waals surface area (Å²) in [5.41, 5.74) is -0.0241. The number of ether oxygens (including phenoxy) is 2. The van der Waals surface area contributed by atoms with Crippen molar-refractivity contribution in [2.45, 2.75) is 50.3 Å². The standard InChI is InChI=1S/C28H32N6O7/c1-17-15-29-21(36)10-5-4-9-20-22(27(39)40-17)23-25(37)33(13-14-35)24-26(38)32(12-6-11-28(23,24)41-20)16-34-19-8-3-2-7-18(19)30-31-34/h2-4,6-9,11,17,20,22-24,35H,5,10,12-16H2,1H3,(H,29,36)/b9-4-/t17-,20-,22+,23+,24-,28+/m1/s1. The first-order valence-corrected chi connectivity index (χ1v) is 13.8. The first-order chi connectivity index (χ1) is 19.8. The number of hydrogen-bond acceptors (Lipinski definition) is 9. The number of carbonyl (C=O) groups is 4. The minimum atomic E-state index is -1.46. The van der Waals surface area contributed by atoms with Crippen LogP contribution in [0.25, 0.3) is 11.0 Å². The van der Waals surface area contributed by atoms with Gasteiger partial charge >= 0.3 is 5.97 Å². The van der Waals surface area contributed by atoms with Crippen molar-refractivity contribution in [1.29, 1.82) is 0 Å². The fourth-order valence-corrected chi connectivity index (χ4v) is 6.37. The third kappa shape index (κ3) is 4.58. The third-order valence-corrected chi connectivity index (χ3v) is 8.18. The zero-order valence-corrected chi connectivity index (χ0v) is 22.6. The van der Waals surface area contributed by atoms with Gasteiger partial charge in [-0.25, -0.2) is 4.68 Å². The van der Waals surface area contributed by atoms with Crippen LogP contribution < -0.4 is 5.32 Å². The number of β-amino-alcohol motifs (C(OH)–C–C–N with tert-alkyl or cyclic N) is 1. The highest BCUT2D eigenvalue weighted by Crippen LogP contribution is 2.53. The van der Waals surface area contributed by atoms with Gasteiger partial charge in [-0.1, -0.05) is 41.7 Å². The number of hydrogen-bond donors (Lipinski definition) is 2. The van der Waals surface area contributed by atoms with E-state index in [2.05, 4.69) is 15.6 Å². The van der Waals surface area contributed by atoms with Gasteiger partial charge in [-0.05, 0) is 25.5 Å². The Bertz CT molecular complexity index is 1440. The monoisotopic (exact) mass is 564 g/mol. The lowest BCUT2D eigenvalue weighted by molar-refractivity contribution is -0.159. The molecule has 6 atom stereocenters. The van der Waals surface area contributed by atoms with Gasteiger partial charge in [0, 0.05) is 19.5 Å². The molecule has 4 aliphatic rings. The summed E-state index contributed by atoms with van der Waals surface area (Å²) in [6.07, 6.45) is 6.11. The minimum absolute atomic E-state index is 0.0788. The molecule has 1 spiro atoms. The summed E-state index contributed by atoms with van der Waals surface area (Å²) in [6, 6.07) is 6.28. The predicted molar refractivity (Wildman–Crippen MR) is 142 cm³/mol. The van der Waals surface area contributed by atoms with E-state index in [0.717, 1.165) is 5.52 Å². The number of para-hydroxylation sites is 1. The van der Waals surface area contributed by atoms with Crippen molar-refractivity contribution in [2.24, 2.45) is 11.8 Å². The summed E-state index contributed by atoms with van der Waals surface area (Å²) in [4.78, 5) is 56.8. The summed E-state index contributed by atoms with van der Waals surface area (Å²) in [7, 11) is 0. The molecule has 1 aromatic carbocycles. The number of benzene rings is 1. The van der Waals surface area contributed by atoms with E-state index >= 15 is 0 Å². The number of amides is 3. The molecule has 5 heterocycles. The molecule has 41 heavy (non-hydrogen) atoms. The van der Waals surface area contributed by atoms with E-state index in [1.54, 1.807) is 40.8 Å². The van der Waals surface area contributed by atoms with E-state index in [0.29, 0.717) is 11.9 Å². The smallest absolute Gasteiger partial charge is 0.313 e. The second kappa shape index (κ2) is 10.7. The van der Waals surface area contributed by atoms with E-state index in [1.165, 1.54) is 4.90 Å². The highest BCUT2D eigenvalue weighted by atomic mass is 16.6. The molecule has 1 aromatic heterocycles. The van der Waals surface area contributed by atoms with Crippen molar-refractivity contribution >= 4 is 34.7 Å². The van der Waals surface area contributed by atoms with Crippen LogP contribution in [-0.4, -0.2) is 104 Å². The molecule has 3 amide bonds. The van der Waals surface area contributed by atoms with Crippen molar-refractivity contribution in [3.05, 3.63) is 48.6 Å². The number of aliphatic hydroxyl groups excluding tert-OH is 1. The molecule has 0 radical (unpaired) electrons. The van der Waals surface area contributed by atoms with E-state index in [1.807, 2.05) is 24.3 Å². The molecule has 2 fully saturated rings. The number of cyclic esters (lactones) is 1. The van der Waals surface area contributed by atoms with Crippen molar-refractivity contribution in [3.63, 3.8) is 0 Å². The van der Waals surface area contributed by atoms with E-state index < -0.39 is 53.5 Å². The molecule has 2 aromatic rings. The average Bonchev–Trinajstić information content (AvgIpc) is 3.54. The summed E-state index contributed by atoms with van der Waals surface area (Å²) < 4.78 is 13.9. The SMILES string of the molecule is C[C@@H]1CNC(=O)CC/C=C\[C@H]2O[C@]34C=CCN(Cn5nnc6ccccc65)C(=O)[C@H]3N(CCO)C(=O)[C@@H]4[C@H]2C(=O)O1. The highest BCUT2D eigenvalue weighted by molar-refractivity contribution is 5.99. The van der Waals surface area contributed by atoms with Gasteiger partial charge in [-0.15, -0.1) is 5.10 Å². The Labute approximate surface area is 235 Å². The number of carbonyl (C=O) groups excluding carboxylic acids is 4. The number of aromatic nitrogens is 3. The molecule has 0 bridgehead atoms. The van der Waals surface area contributed by atoms with Crippen LogP contribution in [0.3, 0.4) is 0 Å². The molecular weight excluding hydrogens is 532 g/mol. The molecule has 0 unspecified atom stereocenters. The summed E-state index contributed by atoms with van der Waals surface area (Å²) in [5, 5.41) is 21.0. The number of fused-ring (bicyclic) bond motifs is 3. The molecule has 0 aliphatic carbocycles. The third-order valence-electron chi connectivity index (χ3n) is 8.18. The Morgan fingerprint density at radius 3 is 2.80 bits per heavy atom. The minimum Gasteiger partial charge on any atom is -0.460 e. The maximum atomic E-state index is 14.3. The van der Waals surface area contributed by atoms with Crippen LogP contribution in [0.5, 0.6) is 0 Å². The summed E-state index contributed by atoms with van der Waals surface area (Å²) in [6.45, 7) is 1.62. The molecule has 13 nitrogen and oxygen atoms in total. The summed E-state index contributed by atoms with van der Waals surface area (Å²) in [5.74, 6) is -3.72. The maximum Gasteiger partial charge on any atom is 0.313 e. The average molecular weight is 565 g/mol. The maximum absolute atomic E-state index is 14.3. The normalized spacial score (nSPS) is 32.9. The number of likely N-dealkylation sites (tertiary alicyclic amines) is 1. The number of allylic oxidation sites excluding steroid dienone is 1. The lowest BCUT2D eigenvalue weighted by Crippen LogP contribution is -2.55. The highest BCUT2D eigenvalue weighted by Gasteiger charge is 2.71. The molecule has 13 heteroatoms. The number of rotatable bonds is 4. The topological polar surface area (TPSA) is 156 Å². The fourth-order valence-electron chi connectivity index (χ4n) is 6.37. The Balaban J connectivity index is 1.37. The Kier molecular flexibility index (Phi) is 7.08. The largest absolute Gasteiger partial charge is 0.460 e. The van der Waals surface area contributed by atoms with Crippen molar-refractivity contribution < 1.29 is 33.8 Å². The van der Waals surface area contributed by atoms with Crippen LogP contribution in [-0.2, 0) is 35.3 Å². The second-order valence-electron chi connectivity index (χ2n) is 10.8. The Morgan fingerprint density at radius 2 is 1.98 bits per heavy atom. The molecule has 6 rings (SSSR count). The number of aliphatic hydroxyl groups is 1. The van der Waals surface area contributed by atoms with Crippen LogP contribution >= 0.6 is 0 Å². The van der Waals surface area contributed by atoms with Crippen LogP contribution in [0.4, 0.5) is 0 Å². The van der Waals surface area contributed by atoms with E-state index in [4.69, 9.17) is 9.47 Å². The lowest BCUT2D eigenvalue weighted by atomic mass is 9.78. The van der Waals surface area contributed by atoms with Crippen LogP contribution in [0.2, 0.25) is 0 Å². The van der Waals surface area contributed by atoms with Crippen LogP contribution in [0, 0.1) is 11.8 Å². The van der Waals surface area contributed by atoms with Gasteiger partial charge in [0.15, 0.2) is 0 Å². The molecular formula is C28H32N6O7. The lowest BCUT2D eigenvalue weighted by Gasteiger charge is -2.35. The quantitative estimate of drug-likeness (QED) is 0.378. The van der Waals surface area contributed by atoms with Gasteiger partial charge in [-0.2, -0.15) is 0 Å². The number of nitrogens with zero attached hydrogens (tertiary/aromatic N) is 5. The summed E-state index contributed by atoms with van der Waals surface area (Å²) >= 11 is 0. The molecule has 2 N–H and O–H groups in total. The van der Waals surface area contributed by atoms with E-state index in [9.17, 15) is 24.3 Å². The van der Waals surface area contributed by atoms with Crippen LogP contribution in [0.1, 0.15) is 19.8 Å². The fraction of sp³-hybridized carbons (Fsp3) is 0.500. The second-order valence-corrected chi connectivity index (χ2v) is 10.8. The van der Waals surface area contributed by atoms with Gasteiger partial charge in [0.2, 0.25) is 11.8 Å². The van der Waals surface area contributed by atoms with Gasteiger partial charge < -0.3 is 29.7 Å². The van der Waals surface area contributed by atoms with Gasteiger partial charge in [0.05, 0.1) is 30.7 Å². The van der Waals surface area contributed by atoms with Gasteiger partial charge in [0.25, 0.3) is 5.91 Å². The van der Waals surface area contributed by atoms with Crippen LogP contribution in [0.15, 0.2) is 48.6 Å². The van der Waals surface area contributed by atoms with E-state index in [-0.39, 0.29) is 45.2 Å². The van der Waals surface area contributed by atoms with Gasteiger partial charge in [-0.3, -0.25) is 19.2 Å². The predicted octanol–water partition coefficient (Wildman–Crippen LogP) is -0.242. The Hall–Kier alpha value is -4.10.